The summed E-state index contributed by atoms with van der Waals surface area (Å²) >= 11 is 0. The number of rotatable bonds is 4. The lowest BCUT2D eigenvalue weighted by atomic mass is 10.0. The van der Waals surface area contributed by atoms with Gasteiger partial charge in [0.15, 0.2) is 5.78 Å². The zero-order valence-electron chi connectivity index (χ0n) is 18.3. The van der Waals surface area contributed by atoms with E-state index in [1.807, 2.05) is 30.3 Å². The van der Waals surface area contributed by atoms with E-state index in [0.29, 0.717) is 22.4 Å². The highest BCUT2D eigenvalue weighted by molar-refractivity contribution is 6.09. The first kappa shape index (κ1) is 21.9. The number of pyridine rings is 1. The first-order valence-electron chi connectivity index (χ1n) is 10.8. The SMILES string of the molecule is O=C(c1ccc(F)cc1)c1cccc(C=c2[nH]c(=O)c(=Cc3ccc4ccccc4n3)[nH]c2=O)c1. The van der Waals surface area contributed by atoms with Gasteiger partial charge in [0.25, 0.3) is 11.1 Å². The first-order chi connectivity index (χ1) is 17.0. The molecule has 2 aromatic heterocycles. The Morgan fingerprint density at radius 1 is 0.743 bits per heavy atom. The Balaban J connectivity index is 1.51. The fraction of sp³-hybridized carbons (Fsp3) is 0. The number of aromatic amines is 2. The standard InChI is InChI=1S/C28H18FN3O3/c29-21-11-8-19(9-12-21)26(33)20-6-3-4-17(14-20)15-24-27(34)32-25(28(35)31-24)16-22-13-10-18-5-1-2-7-23(18)30-22/h1-16H,(H,31,35)(H,32,34). The minimum Gasteiger partial charge on any atom is -0.316 e. The normalized spacial score (nSPS) is 12.3. The van der Waals surface area contributed by atoms with E-state index in [-0.39, 0.29) is 16.5 Å². The number of ketones is 1. The highest BCUT2D eigenvalue weighted by Gasteiger charge is 2.09. The van der Waals surface area contributed by atoms with E-state index in [1.165, 1.54) is 36.4 Å². The number of hydrogen-bond donors (Lipinski definition) is 2. The number of hydrogen-bond acceptors (Lipinski definition) is 4. The van der Waals surface area contributed by atoms with Crippen LogP contribution in [0.25, 0.3) is 23.1 Å². The molecule has 0 fully saturated rings. The molecular formula is C28H18FN3O3. The van der Waals surface area contributed by atoms with Gasteiger partial charge in [-0.15, -0.1) is 0 Å². The van der Waals surface area contributed by atoms with Gasteiger partial charge in [-0.3, -0.25) is 14.4 Å². The molecule has 0 saturated heterocycles. The number of benzene rings is 3. The largest absolute Gasteiger partial charge is 0.316 e. The number of carbonyl (C=O) groups is 1. The molecular weight excluding hydrogens is 445 g/mol. The number of fused-ring (bicyclic) bond motifs is 1. The molecule has 0 aliphatic rings. The second-order valence-electron chi connectivity index (χ2n) is 7.91. The second-order valence-corrected chi connectivity index (χ2v) is 7.91. The average molecular weight is 463 g/mol. The first-order valence-corrected chi connectivity index (χ1v) is 10.8. The van der Waals surface area contributed by atoms with E-state index in [2.05, 4.69) is 15.0 Å². The van der Waals surface area contributed by atoms with Crippen LogP contribution in [0.4, 0.5) is 4.39 Å². The Hall–Kier alpha value is -4.91. The van der Waals surface area contributed by atoms with Crippen LogP contribution in [0.1, 0.15) is 27.2 Å². The van der Waals surface area contributed by atoms with Gasteiger partial charge in [0.2, 0.25) is 0 Å². The molecule has 0 saturated carbocycles. The van der Waals surface area contributed by atoms with E-state index in [0.717, 1.165) is 10.9 Å². The number of nitrogens with one attached hydrogen (secondary N) is 2. The number of halogens is 1. The molecule has 0 bridgehead atoms. The van der Waals surface area contributed by atoms with Crippen molar-refractivity contribution in [3.8, 4) is 0 Å². The molecule has 0 aliphatic carbocycles. The van der Waals surface area contributed by atoms with Crippen molar-refractivity contribution < 1.29 is 9.18 Å². The van der Waals surface area contributed by atoms with E-state index in [1.54, 1.807) is 30.3 Å². The Morgan fingerprint density at radius 3 is 2.23 bits per heavy atom. The molecule has 7 heteroatoms. The minimum absolute atomic E-state index is 0.0463. The summed E-state index contributed by atoms with van der Waals surface area (Å²) < 4.78 is 13.2. The van der Waals surface area contributed by atoms with Crippen molar-refractivity contribution in [2.45, 2.75) is 0 Å². The van der Waals surface area contributed by atoms with Gasteiger partial charge in [0.05, 0.1) is 11.2 Å². The van der Waals surface area contributed by atoms with Crippen LogP contribution in [0.2, 0.25) is 0 Å². The number of carbonyl (C=O) groups excluding carboxylic acids is 1. The summed E-state index contributed by atoms with van der Waals surface area (Å²) in [6.07, 6.45) is 3.00. The number of aromatic nitrogens is 3. The van der Waals surface area contributed by atoms with Crippen LogP contribution in [0.15, 0.2) is 94.5 Å². The van der Waals surface area contributed by atoms with Crippen molar-refractivity contribution in [3.63, 3.8) is 0 Å². The molecule has 0 amide bonds. The maximum atomic E-state index is 13.2. The van der Waals surface area contributed by atoms with Crippen molar-refractivity contribution in [1.29, 1.82) is 0 Å². The van der Waals surface area contributed by atoms with Crippen LogP contribution in [0, 0.1) is 5.82 Å². The van der Waals surface area contributed by atoms with E-state index >= 15 is 0 Å². The van der Waals surface area contributed by atoms with E-state index in [4.69, 9.17) is 0 Å². The molecule has 0 atom stereocenters. The molecule has 2 N–H and O–H groups in total. The molecule has 5 aromatic rings. The molecule has 0 unspecified atom stereocenters. The molecule has 6 nitrogen and oxygen atoms in total. The fourth-order valence-corrected chi connectivity index (χ4v) is 3.71. The van der Waals surface area contributed by atoms with E-state index < -0.39 is 16.9 Å². The summed E-state index contributed by atoms with van der Waals surface area (Å²) in [6, 6.07) is 23.1. The summed E-state index contributed by atoms with van der Waals surface area (Å²) in [4.78, 5) is 47.7. The van der Waals surface area contributed by atoms with Crippen LogP contribution in [0.3, 0.4) is 0 Å². The summed E-state index contributed by atoms with van der Waals surface area (Å²) in [5.41, 5.74) is 1.60. The summed E-state index contributed by atoms with van der Waals surface area (Å²) in [5, 5.41) is 1.09. The van der Waals surface area contributed by atoms with Crippen molar-refractivity contribution in [1.82, 2.24) is 15.0 Å². The summed E-state index contributed by atoms with van der Waals surface area (Å²) in [5.74, 6) is -0.709. The molecule has 0 radical (unpaired) electrons. The predicted molar refractivity (Wildman–Crippen MR) is 132 cm³/mol. The van der Waals surface area contributed by atoms with Gasteiger partial charge in [-0.1, -0.05) is 42.5 Å². The smallest absolute Gasteiger partial charge is 0.272 e. The second kappa shape index (κ2) is 9.15. The van der Waals surface area contributed by atoms with Gasteiger partial charge in [-0.25, -0.2) is 9.37 Å². The van der Waals surface area contributed by atoms with Crippen LogP contribution >= 0.6 is 0 Å². The third kappa shape index (κ3) is 4.74. The Morgan fingerprint density at radius 2 is 1.46 bits per heavy atom. The molecule has 170 valence electrons. The number of para-hydroxylation sites is 1. The van der Waals surface area contributed by atoms with Crippen molar-refractivity contribution >= 4 is 28.8 Å². The predicted octanol–water partition coefficient (Wildman–Crippen LogP) is 2.64. The van der Waals surface area contributed by atoms with Gasteiger partial charge >= 0.3 is 0 Å². The van der Waals surface area contributed by atoms with Crippen LogP contribution in [-0.4, -0.2) is 20.7 Å². The fourth-order valence-electron chi connectivity index (χ4n) is 3.71. The number of nitrogens with zero attached hydrogens (tertiary/aromatic N) is 1. The van der Waals surface area contributed by atoms with Gasteiger partial charge in [-0.05, 0) is 60.2 Å². The van der Waals surface area contributed by atoms with Crippen molar-refractivity contribution in [3.05, 3.63) is 145 Å². The molecule has 35 heavy (non-hydrogen) atoms. The molecule has 5 rings (SSSR count). The van der Waals surface area contributed by atoms with Gasteiger partial charge in [0.1, 0.15) is 16.5 Å². The molecule has 0 spiro atoms. The Labute approximate surface area is 197 Å². The lowest BCUT2D eigenvalue weighted by Gasteiger charge is -2.03. The van der Waals surface area contributed by atoms with E-state index in [9.17, 15) is 18.8 Å². The van der Waals surface area contributed by atoms with Crippen molar-refractivity contribution in [2.24, 2.45) is 0 Å². The monoisotopic (exact) mass is 463 g/mol. The zero-order valence-corrected chi connectivity index (χ0v) is 18.3. The molecule has 3 aromatic carbocycles. The summed E-state index contributed by atoms with van der Waals surface area (Å²) in [6.45, 7) is 0. The van der Waals surface area contributed by atoms with Crippen LogP contribution in [0.5, 0.6) is 0 Å². The average Bonchev–Trinajstić information content (AvgIpc) is 2.87. The van der Waals surface area contributed by atoms with Crippen molar-refractivity contribution in [2.75, 3.05) is 0 Å². The maximum absolute atomic E-state index is 13.2. The lowest BCUT2D eigenvalue weighted by molar-refractivity contribution is 0.103. The third-order valence-electron chi connectivity index (χ3n) is 5.46. The Kier molecular flexibility index (Phi) is 5.73. The minimum atomic E-state index is -0.494. The number of H-pyrrole nitrogens is 2. The zero-order chi connectivity index (χ0) is 24.4. The maximum Gasteiger partial charge on any atom is 0.272 e. The highest BCUT2D eigenvalue weighted by atomic mass is 19.1. The van der Waals surface area contributed by atoms with Gasteiger partial charge in [-0.2, -0.15) is 0 Å². The highest BCUT2D eigenvalue weighted by Crippen LogP contribution is 2.13. The summed E-state index contributed by atoms with van der Waals surface area (Å²) in [7, 11) is 0. The topological polar surface area (TPSA) is 95.7 Å². The van der Waals surface area contributed by atoms with Crippen LogP contribution in [-0.2, 0) is 0 Å². The molecule has 0 aliphatic heterocycles. The van der Waals surface area contributed by atoms with Crippen LogP contribution < -0.4 is 21.8 Å². The third-order valence-corrected chi connectivity index (χ3v) is 5.46. The molecule has 2 heterocycles. The van der Waals surface area contributed by atoms with Gasteiger partial charge < -0.3 is 9.97 Å². The van der Waals surface area contributed by atoms with Gasteiger partial charge in [0, 0.05) is 16.5 Å². The lowest BCUT2D eigenvalue weighted by Crippen LogP contribution is -2.46. The quantitative estimate of drug-likeness (QED) is 0.401. The Bertz CT molecular complexity index is 1820.